The maximum Gasteiger partial charge on any atom is 0.222 e. The number of rotatable bonds is 4. The van der Waals surface area contributed by atoms with Crippen molar-refractivity contribution in [2.24, 2.45) is 17.6 Å². The van der Waals surface area contributed by atoms with E-state index in [1.807, 2.05) is 19.9 Å². The fraction of sp³-hybridized carbons (Fsp3) is 0.500. The Morgan fingerprint density at radius 2 is 2.05 bits per heavy atom. The third kappa shape index (κ3) is 2.97. The van der Waals surface area contributed by atoms with Crippen molar-refractivity contribution >= 4 is 22.4 Å². The first-order valence-corrected chi connectivity index (χ1v) is 7.60. The molecule has 1 fully saturated rings. The largest absolute Gasteiger partial charge is 0.477 e. The minimum absolute atomic E-state index is 0.445. The van der Waals surface area contributed by atoms with E-state index in [4.69, 9.17) is 22.1 Å². The standard InChI is InChI=1S/C16H20ClN3O/c1-9-4-10(9)8-21-15-12-6-19-14(17)5-11(12)13(7-20-15)16(2,3)18/h5-7,9-10H,4,8,18H2,1-3H3. The molecule has 112 valence electrons. The lowest BCUT2D eigenvalue weighted by molar-refractivity contribution is 0.286. The van der Waals surface area contributed by atoms with Gasteiger partial charge in [0, 0.05) is 17.9 Å². The summed E-state index contributed by atoms with van der Waals surface area (Å²) in [7, 11) is 0. The molecule has 0 amide bonds. The number of aromatic nitrogens is 2. The van der Waals surface area contributed by atoms with Crippen molar-refractivity contribution in [2.45, 2.75) is 32.7 Å². The molecule has 0 spiro atoms. The molecular weight excluding hydrogens is 286 g/mol. The quantitative estimate of drug-likeness (QED) is 0.878. The number of fused-ring (bicyclic) bond motifs is 1. The number of halogens is 1. The van der Waals surface area contributed by atoms with Crippen LogP contribution in [0.3, 0.4) is 0 Å². The van der Waals surface area contributed by atoms with Gasteiger partial charge in [0.05, 0.1) is 12.0 Å². The summed E-state index contributed by atoms with van der Waals surface area (Å²) in [6.45, 7) is 6.84. The maximum absolute atomic E-state index is 6.23. The molecule has 0 radical (unpaired) electrons. The van der Waals surface area contributed by atoms with Crippen molar-refractivity contribution in [3.63, 3.8) is 0 Å². The van der Waals surface area contributed by atoms with Gasteiger partial charge >= 0.3 is 0 Å². The molecule has 5 heteroatoms. The molecule has 0 saturated heterocycles. The van der Waals surface area contributed by atoms with E-state index in [2.05, 4.69) is 16.9 Å². The molecule has 0 aliphatic heterocycles. The van der Waals surface area contributed by atoms with Crippen molar-refractivity contribution in [3.8, 4) is 5.88 Å². The van der Waals surface area contributed by atoms with Crippen LogP contribution in [0.5, 0.6) is 5.88 Å². The number of nitrogens with zero attached hydrogens (tertiary/aromatic N) is 2. The maximum atomic E-state index is 6.23. The van der Waals surface area contributed by atoms with Gasteiger partial charge in [-0.15, -0.1) is 0 Å². The summed E-state index contributed by atoms with van der Waals surface area (Å²) in [5, 5.41) is 2.26. The predicted octanol–water partition coefficient (Wildman–Crippen LogP) is 3.51. The second-order valence-corrected chi connectivity index (χ2v) is 6.92. The van der Waals surface area contributed by atoms with Crippen molar-refractivity contribution in [1.29, 1.82) is 0 Å². The first kappa shape index (κ1) is 14.5. The van der Waals surface area contributed by atoms with Gasteiger partial charge in [0.2, 0.25) is 5.88 Å². The minimum Gasteiger partial charge on any atom is -0.477 e. The van der Waals surface area contributed by atoms with Gasteiger partial charge in [-0.3, -0.25) is 0 Å². The second kappa shape index (κ2) is 5.11. The molecule has 2 aromatic rings. The number of nitrogens with two attached hydrogens (primary N) is 1. The van der Waals surface area contributed by atoms with Crippen LogP contribution in [0.15, 0.2) is 18.5 Å². The molecule has 4 nitrogen and oxygen atoms in total. The van der Waals surface area contributed by atoms with Crippen LogP contribution in [0.25, 0.3) is 10.8 Å². The minimum atomic E-state index is -0.501. The lowest BCUT2D eigenvalue weighted by Gasteiger charge is -2.21. The molecule has 1 saturated carbocycles. The van der Waals surface area contributed by atoms with Crippen LogP contribution in [-0.4, -0.2) is 16.6 Å². The topological polar surface area (TPSA) is 61.0 Å². The van der Waals surface area contributed by atoms with E-state index >= 15 is 0 Å². The third-order valence-electron chi connectivity index (χ3n) is 4.11. The summed E-state index contributed by atoms with van der Waals surface area (Å²) in [6, 6.07) is 1.83. The van der Waals surface area contributed by atoms with Crippen LogP contribution in [0.1, 0.15) is 32.8 Å². The van der Waals surface area contributed by atoms with E-state index in [1.54, 1.807) is 12.4 Å². The van der Waals surface area contributed by atoms with Gasteiger partial charge < -0.3 is 10.5 Å². The van der Waals surface area contributed by atoms with E-state index in [0.29, 0.717) is 23.6 Å². The summed E-state index contributed by atoms with van der Waals surface area (Å²) in [4.78, 5) is 8.60. The van der Waals surface area contributed by atoms with Crippen LogP contribution in [0.2, 0.25) is 5.15 Å². The molecule has 2 unspecified atom stereocenters. The summed E-state index contributed by atoms with van der Waals surface area (Å²) in [5.74, 6) is 2.01. The van der Waals surface area contributed by atoms with Gasteiger partial charge in [-0.05, 0) is 49.1 Å². The number of hydrogen-bond donors (Lipinski definition) is 1. The second-order valence-electron chi connectivity index (χ2n) is 6.54. The van der Waals surface area contributed by atoms with Crippen LogP contribution < -0.4 is 10.5 Å². The van der Waals surface area contributed by atoms with Crippen LogP contribution >= 0.6 is 11.6 Å². The highest BCUT2D eigenvalue weighted by atomic mass is 35.5. The molecule has 3 rings (SSSR count). The fourth-order valence-electron chi connectivity index (χ4n) is 2.53. The first-order chi connectivity index (χ1) is 9.86. The highest BCUT2D eigenvalue weighted by molar-refractivity contribution is 6.30. The van der Waals surface area contributed by atoms with Crippen molar-refractivity contribution in [1.82, 2.24) is 9.97 Å². The molecule has 21 heavy (non-hydrogen) atoms. The first-order valence-electron chi connectivity index (χ1n) is 7.22. The van der Waals surface area contributed by atoms with Crippen LogP contribution in [-0.2, 0) is 5.54 Å². The zero-order valence-corrected chi connectivity index (χ0v) is 13.3. The van der Waals surface area contributed by atoms with Gasteiger partial charge in [0.1, 0.15) is 5.15 Å². The van der Waals surface area contributed by atoms with Crippen molar-refractivity contribution in [2.75, 3.05) is 6.61 Å². The van der Waals surface area contributed by atoms with E-state index in [-0.39, 0.29) is 0 Å². The summed E-state index contributed by atoms with van der Waals surface area (Å²) < 4.78 is 5.89. The SMILES string of the molecule is CC1CC1COc1ncc(C(C)(C)N)c2cc(Cl)ncc12. The van der Waals surface area contributed by atoms with E-state index in [1.165, 1.54) is 6.42 Å². The van der Waals surface area contributed by atoms with E-state index < -0.39 is 5.54 Å². The third-order valence-corrected chi connectivity index (χ3v) is 4.31. The zero-order valence-electron chi connectivity index (χ0n) is 12.6. The normalized spacial score (nSPS) is 21.6. The molecule has 1 aliphatic carbocycles. The average molecular weight is 306 g/mol. The molecule has 2 atom stereocenters. The van der Waals surface area contributed by atoms with Gasteiger partial charge in [-0.1, -0.05) is 18.5 Å². The summed E-state index contributed by atoms with van der Waals surface area (Å²) >= 11 is 6.04. The van der Waals surface area contributed by atoms with Gasteiger partial charge in [0.15, 0.2) is 0 Å². The van der Waals surface area contributed by atoms with E-state index in [9.17, 15) is 0 Å². The van der Waals surface area contributed by atoms with Crippen LogP contribution in [0.4, 0.5) is 0 Å². The Balaban J connectivity index is 2.02. The lowest BCUT2D eigenvalue weighted by atomic mass is 9.93. The number of hydrogen-bond acceptors (Lipinski definition) is 4. The Morgan fingerprint density at radius 3 is 2.67 bits per heavy atom. The van der Waals surface area contributed by atoms with Crippen molar-refractivity contribution < 1.29 is 4.74 Å². The number of pyridine rings is 2. The zero-order chi connectivity index (χ0) is 15.2. The summed E-state index contributed by atoms with van der Waals surface area (Å²) in [6.07, 6.45) is 4.73. The van der Waals surface area contributed by atoms with Gasteiger partial charge in [-0.2, -0.15) is 0 Å². The number of ether oxygens (including phenoxy) is 1. The van der Waals surface area contributed by atoms with E-state index in [0.717, 1.165) is 22.3 Å². The average Bonchev–Trinajstić information content (AvgIpc) is 3.10. The monoisotopic (exact) mass is 305 g/mol. The van der Waals surface area contributed by atoms with Crippen LogP contribution in [0, 0.1) is 11.8 Å². The molecule has 0 bridgehead atoms. The molecule has 2 N–H and O–H groups in total. The Kier molecular flexibility index (Phi) is 3.54. The Labute approximate surface area is 129 Å². The molecule has 2 heterocycles. The highest BCUT2D eigenvalue weighted by Crippen LogP contribution is 2.39. The Morgan fingerprint density at radius 1 is 1.33 bits per heavy atom. The van der Waals surface area contributed by atoms with Gasteiger partial charge in [0.25, 0.3) is 0 Å². The Bertz CT molecular complexity index is 681. The predicted molar refractivity (Wildman–Crippen MR) is 84.5 cm³/mol. The highest BCUT2D eigenvalue weighted by Gasteiger charge is 2.33. The van der Waals surface area contributed by atoms with Crippen molar-refractivity contribution in [3.05, 3.63) is 29.2 Å². The molecular formula is C16H20ClN3O. The van der Waals surface area contributed by atoms with Gasteiger partial charge in [-0.25, -0.2) is 9.97 Å². The molecule has 2 aromatic heterocycles. The fourth-order valence-corrected chi connectivity index (χ4v) is 2.69. The Hall–Kier alpha value is -1.39. The lowest BCUT2D eigenvalue weighted by Crippen LogP contribution is -2.29. The summed E-state index contributed by atoms with van der Waals surface area (Å²) in [5.41, 5.74) is 6.67. The molecule has 1 aliphatic rings. The molecule has 0 aromatic carbocycles. The smallest absolute Gasteiger partial charge is 0.222 e.